The Kier molecular flexibility index (Phi) is 10.3. The number of anilines is 1. The normalized spacial score (nSPS) is 9.97. The summed E-state index contributed by atoms with van der Waals surface area (Å²) in [6.07, 6.45) is 1.67. The highest BCUT2D eigenvalue weighted by Gasteiger charge is 1.98. The molecule has 0 spiro atoms. The molecule has 0 aliphatic carbocycles. The van der Waals surface area contributed by atoms with E-state index in [9.17, 15) is 0 Å². The van der Waals surface area contributed by atoms with Gasteiger partial charge in [0.2, 0.25) is 0 Å². The van der Waals surface area contributed by atoms with E-state index in [1.54, 1.807) is 18.3 Å². The molecule has 4 rings (SSSR count). The Morgan fingerprint density at radius 1 is 0.774 bits per heavy atom. The molecule has 3 aromatic carbocycles. The molecule has 0 saturated heterocycles. The molecule has 1 heterocycles. The van der Waals surface area contributed by atoms with E-state index in [4.69, 9.17) is 28.9 Å². The maximum Gasteiger partial charge on any atom is 0.0737 e. The summed E-state index contributed by atoms with van der Waals surface area (Å²) in [5.41, 5.74) is 11.2. The fourth-order valence-electron chi connectivity index (χ4n) is 2.80. The summed E-state index contributed by atoms with van der Waals surface area (Å²) in [4.78, 5) is 4.14. The Balaban J connectivity index is 0.000000214. The number of aromatic nitrogens is 1. The van der Waals surface area contributed by atoms with Gasteiger partial charge in [-0.3, -0.25) is 4.98 Å². The fraction of sp³-hybridized carbons (Fsp3) is 0.192. The lowest BCUT2D eigenvalue weighted by molar-refractivity contribution is 0.693. The van der Waals surface area contributed by atoms with Crippen LogP contribution in [0.4, 0.5) is 5.69 Å². The van der Waals surface area contributed by atoms with Gasteiger partial charge in [0.1, 0.15) is 0 Å². The monoisotopic (exact) mass is 453 g/mol. The molecule has 0 amide bonds. The summed E-state index contributed by atoms with van der Waals surface area (Å²) in [6, 6.07) is 23.8. The number of pyridine rings is 1. The molecule has 0 bridgehead atoms. The van der Waals surface area contributed by atoms with E-state index in [-0.39, 0.29) is 0 Å². The number of nitrogens with zero attached hydrogens (tertiary/aromatic N) is 1. The highest BCUT2D eigenvalue weighted by molar-refractivity contribution is 6.31. The zero-order valence-corrected chi connectivity index (χ0v) is 19.7. The zero-order valence-electron chi connectivity index (χ0n) is 18.2. The third-order valence-corrected chi connectivity index (χ3v) is 4.92. The molecule has 0 saturated carbocycles. The molecule has 31 heavy (non-hydrogen) atoms. The number of nitrogens with one attached hydrogen (secondary N) is 1. The lowest BCUT2D eigenvalue weighted by atomic mass is 10.1. The summed E-state index contributed by atoms with van der Waals surface area (Å²) >= 11 is 11.6. The molecule has 162 valence electrons. The minimum Gasteiger partial charge on any atom is -0.398 e. The molecular formula is C26H29Cl2N3. The molecule has 0 unspecified atom stereocenters. The third-order valence-electron chi connectivity index (χ3n) is 4.43. The number of benzene rings is 3. The van der Waals surface area contributed by atoms with Gasteiger partial charge in [-0.1, -0.05) is 79.0 Å². The maximum atomic E-state index is 5.84. The first-order chi connectivity index (χ1) is 15.0. The number of aryl methyl sites for hydroxylation is 1. The van der Waals surface area contributed by atoms with Crippen LogP contribution in [-0.2, 0) is 13.1 Å². The molecule has 0 fully saturated rings. The smallest absolute Gasteiger partial charge is 0.0737 e. The van der Waals surface area contributed by atoms with Crippen LogP contribution >= 0.6 is 23.2 Å². The second kappa shape index (κ2) is 13.0. The summed E-state index contributed by atoms with van der Waals surface area (Å²) < 4.78 is 0. The SMILES string of the molecule is CC.Cc1ccc(CNCc2ccc(Cl)cc2)cc1.Nc1ccnc2cc(Cl)ccc12. The average Bonchev–Trinajstić information content (AvgIpc) is 2.78. The van der Waals surface area contributed by atoms with Crippen molar-refractivity contribution in [3.8, 4) is 0 Å². The third kappa shape index (κ3) is 8.22. The molecule has 1 aromatic heterocycles. The molecule has 0 aliphatic rings. The fourth-order valence-corrected chi connectivity index (χ4v) is 3.10. The van der Waals surface area contributed by atoms with E-state index in [1.807, 2.05) is 50.2 Å². The lowest BCUT2D eigenvalue weighted by Crippen LogP contribution is -2.12. The topological polar surface area (TPSA) is 50.9 Å². The number of nitrogen functional groups attached to an aromatic ring is 1. The molecule has 3 N–H and O–H groups in total. The second-order valence-electron chi connectivity index (χ2n) is 6.78. The molecule has 0 radical (unpaired) electrons. The van der Waals surface area contributed by atoms with Crippen LogP contribution in [-0.4, -0.2) is 4.98 Å². The van der Waals surface area contributed by atoms with Crippen molar-refractivity contribution in [1.29, 1.82) is 0 Å². The Morgan fingerprint density at radius 2 is 1.32 bits per heavy atom. The molecule has 0 aliphatic heterocycles. The van der Waals surface area contributed by atoms with E-state index >= 15 is 0 Å². The molecule has 5 heteroatoms. The predicted octanol–water partition coefficient (Wildman–Crippen LogP) is 7.43. The van der Waals surface area contributed by atoms with Crippen molar-refractivity contribution in [3.05, 3.63) is 106 Å². The molecular weight excluding hydrogens is 425 g/mol. The van der Waals surface area contributed by atoms with Crippen molar-refractivity contribution in [2.45, 2.75) is 33.9 Å². The van der Waals surface area contributed by atoms with Gasteiger partial charge in [0.15, 0.2) is 0 Å². The van der Waals surface area contributed by atoms with Gasteiger partial charge in [0.05, 0.1) is 5.52 Å². The van der Waals surface area contributed by atoms with E-state index < -0.39 is 0 Å². The van der Waals surface area contributed by atoms with E-state index in [0.717, 1.165) is 34.7 Å². The Hall–Kier alpha value is -2.59. The van der Waals surface area contributed by atoms with Crippen LogP contribution < -0.4 is 11.1 Å². The molecule has 0 atom stereocenters. The van der Waals surface area contributed by atoms with Crippen molar-refractivity contribution in [3.63, 3.8) is 0 Å². The molecule has 4 aromatic rings. The minimum atomic E-state index is 0.681. The highest BCUT2D eigenvalue weighted by atomic mass is 35.5. The number of hydrogen-bond donors (Lipinski definition) is 2. The van der Waals surface area contributed by atoms with Crippen molar-refractivity contribution in [2.24, 2.45) is 0 Å². The van der Waals surface area contributed by atoms with Crippen LogP contribution in [0, 0.1) is 6.92 Å². The summed E-state index contributed by atoms with van der Waals surface area (Å²) in [5, 5.41) is 5.83. The van der Waals surface area contributed by atoms with E-state index in [0.29, 0.717) is 5.02 Å². The minimum absolute atomic E-state index is 0.681. The van der Waals surface area contributed by atoms with Crippen molar-refractivity contribution in [1.82, 2.24) is 10.3 Å². The van der Waals surface area contributed by atoms with Crippen molar-refractivity contribution >= 4 is 39.8 Å². The lowest BCUT2D eigenvalue weighted by Gasteiger charge is -2.05. The Bertz CT molecular complexity index is 1020. The summed E-state index contributed by atoms with van der Waals surface area (Å²) in [6.45, 7) is 7.86. The van der Waals surface area contributed by atoms with Gasteiger partial charge in [-0.25, -0.2) is 0 Å². The second-order valence-corrected chi connectivity index (χ2v) is 7.65. The van der Waals surface area contributed by atoms with Crippen LogP contribution in [0.25, 0.3) is 10.9 Å². The number of hydrogen-bond acceptors (Lipinski definition) is 3. The zero-order chi connectivity index (χ0) is 22.6. The van der Waals surface area contributed by atoms with Crippen LogP contribution in [0.15, 0.2) is 79.0 Å². The Morgan fingerprint density at radius 3 is 1.94 bits per heavy atom. The summed E-state index contributed by atoms with van der Waals surface area (Å²) in [7, 11) is 0. The number of halogens is 2. The standard InChI is InChI=1S/C15H16ClN.C9H7ClN2.C2H6/c1-12-2-4-13(5-3-12)10-17-11-14-6-8-15(16)9-7-14;10-6-1-2-7-8(11)3-4-12-9(7)5-6;1-2/h2-9,17H,10-11H2,1H3;1-5H,(H2,11,12);1-2H3. The van der Waals surface area contributed by atoms with E-state index in [1.165, 1.54) is 16.7 Å². The van der Waals surface area contributed by atoms with Gasteiger partial charge in [-0.15, -0.1) is 0 Å². The quantitative estimate of drug-likeness (QED) is 0.337. The van der Waals surface area contributed by atoms with Crippen molar-refractivity contribution < 1.29 is 0 Å². The first-order valence-corrected chi connectivity index (χ1v) is 11.1. The van der Waals surface area contributed by atoms with Crippen molar-refractivity contribution in [2.75, 3.05) is 5.73 Å². The van der Waals surface area contributed by atoms with Gasteiger partial charge in [0.25, 0.3) is 0 Å². The maximum absolute atomic E-state index is 5.84. The number of rotatable bonds is 4. The van der Waals surface area contributed by atoms with Crippen LogP contribution in [0.3, 0.4) is 0 Å². The van der Waals surface area contributed by atoms with E-state index in [2.05, 4.69) is 41.5 Å². The Labute approximate surface area is 195 Å². The van der Waals surface area contributed by atoms with Crippen LogP contribution in [0.1, 0.15) is 30.5 Å². The highest BCUT2D eigenvalue weighted by Crippen LogP contribution is 2.21. The first kappa shape index (κ1) is 24.7. The van der Waals surface area contributed by atoms with Gasteiger partial charge in [-0.2, -0.15) is 0 Å². The van der Waals surface area contributed by atoms with Gasteiger partial charge >= 0.3 is 0 Å². The number of nitrogens with two attached hydrogens (primary N) is 1. The van der Waals surface area contributed by atoms with Gasteiger partial charge in [0, 0.05) is 40.4 Å². The number of fused-ring (bicyclic) bond motifs is 1. The van der Waals surface area contributed by atoms with Crippen LogP contribution in [0.2, 0.25) is 10.0 Å². The average molecular weight is 454 g/mol. The summed E-state index contributed by atoms with van der Waals surface area (Å²) in [5.74, 6) is 0. The first-order valence-electron chi connectivity index (χ1n) is 10.3. The predicted molar refractivity (Wildman–Crippen MR) is 136 cm³/mol. The molecule has 3 nitrogen and oxygen atoms in total. The largest absolute Gasteiger partial charge is 0.398 e. The van der Waals surface area contributed by atoms with Gasteiger partial charge < -0.3 is 11.1 Å². The van der Waals surface area contributed by atoms with Gasteiger partial charge in [-0.05, 0) is 54.4 Å². The van der Waals surface area contributed by atoms with Crippen LogP contribution in [0.5, 0.6) is 0 Å².